The Morgan fingerprint density at radius 1 is 1.50 bits per heavy atom. The molecule has 4 nitrogen and oxygen atoms in total. The fourth-order valence-electron chi connectivity index (χ4n) is 1.34. The number of hydrogen-bond donors (Lipinski definition) is 1. The Labute approximate surface area is 71.5 Å². The van der Waals surface area contributed by atoms with E-state index < -0.39 is 17.9 Å². The minimum absolute atomic E-state index is 0.322. The standard InChI is InChI=1S/C8H14O4/c1-4-5-6(7(9)10)12-8(2,3)11-5/h5-6H,4H2,1-3H3,(H,9,10)/t5-,6?/m1/s1. The summed E-state index contributed by atoms with van der Waals surface area (Å²) in [5.74, 6) is -1.71. The Morgan fingerprint density at radius 3 is 2.42 bits per heavy atom. The van der Waals surface area contributed by atoms with E-state index in [1.165, 1.54) is 0 Å². The third-order valence-corrected chi connectivity index (χ3v) is 1.83. The third kappa shape index (κ3) is 1.76. The summed E-state index contributed by atoms with van der Waals surface area (Å²) < 4.78 is 10.6. The molecule has 0 spiro atoms. The predicted molar refractivity (Wildman–Crippen MR) is 41.8 cm³/mol. The lowest BCUT2D eigenvalue weighted by Crippen LogP contribution is -2.30. The summed E-state index contributed by atoms with van der Waals surface area (Å²) in [6.07, 6.45) is -0.483. The molecule has 4 heteroatoms. The Bertz CT molecular complexity index is 187. The molecule has 1 rings (SSSR count). The van der Waals surface area contributed by atoms with Gasteiger partial charge in [-0.25, -0.2) is 4.79 Å². The molecule has 1 N–H and O–H groups in total. The van der Waals surface area contributed by atoms with Crippen LogP contribution in [0.1, 0.15) is 27.2 Å². The lowest BCUT2D eigenvalue weighted by molar-refractivity contribution is -0.165. The van der Waals surface area contributed by atoms with Crippen LogP contribution < -0.4 is 0 Å². The summed E-state index contributed by atoms with van der Waals surface area (Å²) in [5, 5.41) is 8.74. The first-order valence-corrected chi connectivity index (χ1v) is 4.04. The first-order chi connectivity index (χ1) is 5.46. The van der Waals surface area contributed by atoms with Gasteiger partial charge >= 0.3 is 5.97 Å². The smallest absolute Gasteiger partial charge is 0.335 e. The number of ether oxygens (including phenoxy) is 2. The Hall–Kier alpha value is -0.610. The highest BCUT2D eigenvalue weighted by atomic mass is 16.8. The van der Waals surface area contributed by atoms with E-state index in [1.54, 1.807) is 13.8 Å². The van der Waals surface area contributed by atoms with E-state index in [4.69, 9.17) is 14.6 Å². The fraction of sp³-hybridized carbons (Fsp3) is 0.875. The molecule has 0 amide bonds. The highest BCUT2D eigenvalue weighted by Crippen LogP contribution is 2.29. The van der Waals surface area contributed by atoms with Crippen molar-refractivity contribution in [3.63, 3.8) is 0 Å². The van der Waals surface area contributed by atoms with Crippen molar-refractivity contribution in [2.24, 2.45) is 0 Å². The molecule has 0 aromatic carbocycles. The van der Waals surface area contributed by atoms with Crippen LogP contribution >= 0.6 is 0 Å². The number of carbonyl (C=O) groups is 1. The van der Waals surface area contributed by atoms with E-state index in [0.717, 1.165) is 0 Å². The second-order valence-electron chi connectivity index (χ2n) is 3.34. The largest absolute Gasteiger partial charge is 0.479 e. The van der Waals surface area contributed by atoms with Gasteiger partial charge in [-0.2, -0.15) is 0 Å². The third-order valence-electron chi connectivity index (χ3n) is 1.83. The summed E-state index contributed by atoms with van der Waals surface area (Å²) in [5.41, 5.74) is 0. The number of hydrogen-bond acceptors (Lipinski definition) is 3. The number of carboxylic acids is 1. The van der Waals surface area contributed by atoms with Gasteiger partial charge in [0.25, 0.3) is 0 Å². The van der Waals surface area contributed by atoms with Gasteiger partial charge in [0.1, 0.15) is 0 Å². The van der Waals surface area contributed by atoms with Gasteiger partial charge in [0.15, 0.2) is 11.9 Å². The molecule has 1 unspecified atom stereocenters. The molecule has 70 valence electrons. The van der Waals surface area contributed by atoms with Crippen LogP contribution in [0.15, 0.2) is 0 Å². The normalized spacial score (nSPS) is 33.6. The van der Waals surface area contributed by atoms with Gasteiger partial charge in [0, 0.05) is 0 Å². The molecule has 12 heavy (non-hydrogen) atoms. The van der Waals surface area contributed by atoms with Crippen LogP contribution in [0.3, 0.4) is 0 Å². The molecule has 0 saturated carbocycles. The molecular weight excluding hydrogens is 160 g/mol. The maximum atomic E-state index is 10.7. The van der Waals surface area contributed by atoms with Gasteiger partial charge in [-0.3, -0.25) is 0 Å². The van der Waals surface area contributed by atoms with Crippen LogP contribution in [0.4, 0.5) is 0 Å². The van der Waals surface area contributed by atoms with E-state index in [1.807, 2.05) is 6.92 Å². The summed E-state index contributed by atoms with van der Waals surface area (Å²) >= 11 is 0. The minimum Gasteiger partial charge on any atom is -0.479 e. The quantitative estimate of drug-likeness (QED) is 0.678. The van der Waals surface area contributed by atoms with E-state index in [0.29, 0.717) is 6.42 Å². The van der Waals surface area contributed by atoms with Crippen LogP contribution in [0.5, 0.6) is 0 Å². The summed E-state index contributed by atoms with van der Waals surface area (Å²) in [4.78, 5) is 10.7. The molecule has 0 aromatic heterocycles. The lowest BCUT2D eigenvalue weighted by atomic mass is 10.1. The highest BCUT2D eigenvalue weighted by Gasteiger charge is 2.44. The van der Waals surface area contributed by atoms with Crippen LogP contribution in [-0.4, -0.2) is 29.1 Å². The van der Waals surface area contributed by atoms with Crippen LogP contribution in [0.25, 0.3) is 0 Å². The molecule has 0 aliphatic carbocycles. The minimum atomic E-state index is -0.951. The maximum absolute atomic E-state index is 10.7. The van der Waals surface area contributed by atoms with Gasteiger partial charge in [0.05, 0.1) is 6.10 Å². The zero-order valence-electron chi connectivity index (χ0n) is 7.53. The molecule has 1 aliphatic heterocycles. The first-order valence-electron chi connectivity index (χ1n) is 4.04. The van der Waals surface area contributed by atoms with Crippen LogP contribution in [0.2, 0.25) is 0 Å². The van der Waals surface area contributed by atoms with Crippen LogP contribution in [-0.2, 0) is 14.3 Å². The molecule has 0 aromatic rings. The first kappa shape index (κ1) is 9.48. The Morgan fingerprint density at radius 2 is 2.08 bits per heavy atom. The van der Waals surface area contributed by atoms with Crippen molar-refractivity contribution in [1.82, 2.24) is 0 Å². The van der Waals surface area contributed by atoms with Crippen molar-refractivity contribution in [3.05, 3.63) is 0 Å². The lowest BCUT2D eigenvalue weighted by Gasteiger charge is -2.15. The van der Waals surface area contributed by atoms with Gasteiger partial charge in [-0.15, -0.1) is 0 Å². The average molecular weight is 174 g/mol. The van der Waals surface area contributed by atoms with Gasteiger partial charge in [0.2, 0.25) is 0 Å². The van der Waals surface area contributed by atoms with Gasteiger partial charge in [-0.05, 0) is 20.3 Å². The summed E-state index contributed by atoms with van der Waals surface area (Å²) in [6.45, 7) is 5.32. The Kier molecular flexibility index (Phi) is 2.39. The van der Waals surface area contributed by atoms with Crippen molar-refractivity contribution in [3.8, 4) is 0 Å². The fourth-order valence-corrected chi connectivity index (χ4v) is 1.34. The molecule has 1 aliphatic rings. The van der Waals surface area contributed by atoms with Gasteiger partial charge < -0.3 is 14.6 Å². The average Bonchev–Trinajstić information content (AvgIpc) is 2.25. The summed E-state index contributed by atoms with van der Waals surface area (Å²) in [6, 6.07) is 0. The molecule has 2 atom stereocenters. The topological polar surface area (TPSA) is 55.8 Å². The predicted octanol–water partition coefficient (Wildman–Crippen LogP) is 1.00. The number of carboxylic acid groups (broad SMARTS) is 1. The van der Waals surface area contributed by atoms with Crippen LogP contribution in [0, 0.1) is 0 Å². The molecule has 0 bridgehead atoms. The van der Waals surface area contributed by atoms with E-state index in [9.17, 15) is 4.79 Å². The number of aliphatic carboxylic acids is 1. The maximum Gasteiger partial charge on any atom is 0.335 e. The molecule has 0 radical (unpaired) electrons. The van der Waals surface area contributed by atoms with Crippen molar-refractivity contribution in [2.45, 2.75) is 45.2 Å². The molecular formula is C8H14O4. The second-order valence-corrected chi connectivity index (χ2v) is 3.34. The summed E-state index contributed by atoms with van der Waals surface area (Å²) in [7, 11) is 0. The monoisotopic (exact) mass is 174 g/mol. The molecule has 1 heterocycles. The van der Waals surface area contributed by atoms with E-state index >= 15 is 0 Å². The zero-order chi connectivity index (χ0) is 9.35. The second kappa shape index (κ2) is 3.03. The molecule has 1 fully saturated rings. The Balaban J connectivity index is 2.69. The van der Waals surface area contributed by atoms with Crippen molar-refractivity contribution in [1.29, 1.82) is 0 Å². The van der Waals surface area contributed by atoms with E-state index in [-0.39, 0.29) is 6.10 Å². The van der Waals surface area contributed by atoms with Crippen molar-refractivity contribution in [2.75, 3.05) is 0 Å². The van der Waals surface area contributed by atoms with Gasteiger partial charge in [-0.1, -0.05) is 6.92 Å². The zero-order valence-corrected chi connectivity index (χ0v) is 7.53. The molecule has 1 saturated heterocycles. The SMILES string of the molecule is CC[C@H]1OC(C)(C)OC1C(=O)O. The highest BCUT2D eigenvalue weighted by molar-refractivity contribution is 5.73. The number of rotatable bonds is 2. The van der Waals surface area contributed by atoms with Crippen molar-refractivity contribution < 1.29 is 19.4 Å². The van der Waals surface area contributed by atoms with E-state index in [2.05, 4.69) is 0 Å². The van der Waals surface area contributed by atoms with Crippen molar-refractivity contribution >= 4 is 5.97 Å².